The Morgan fingerprint density at radius 2 is 2.00 bits per heavy atom. The molecule has 0 aliphatic carbocycles. The van der Waals surface area contributed by atoms with Crippen LogP contribution >= 0.6 is 15.9 Å². The maximum absolute atomic E-state index is 12.0. The highest BCUT2D eigenvalue weighted by Gasteiger charge is 2.14. The minimum atomic E-state index is -0.0116. The fourth-order valence-electron chi connectivity index (χ4n) is 2.00. The number of carbonyl (C=O) groups is 1. The van der Waals surface area contributed by atoms with Crippen molar-refractivity contribution in [1.29, 1.82) is 0 Å². The number of carbonyl (C=O) groups excluding carboxylic acids is 1. The molecule has 17 heavy (non-hydrogen) atoms. The van der Waals surface area contributed by atoms with Crippen molar-refractivity contribution >= 4 is 21.8 Å². The maximum Gasteiger partial charge on any atom is 0.265 e. The number of aryl methyl sites for hydroxylation is 1. The summed E-state index contributed by atoms with van der Waals surface area (Å²) in [7, 11) is 0. The molecule has 92 valence electrons. The number of piperidine rings is 1. The second-order valence-corrected chi connectivity index (χ2v) is 5.31. The molecule has 0 aromatic heterocycles. The monoisotopic (exact) mass is 296 g/mol. The first-order valence-corrected chi connectivity index (χ1v) is 6.78. The number of amides is 1. The molecule has 1 aromatic carbocycles. The van der Waals surface area contributed by atoms with Crippen LogP contribution in [-0.2, 0) is 0 Å². The topological polar surface area (TPSA) is 32.3 Å². The summed E-state index contributed by atoms with van der Waals surface area (Å²) >= 11 is 3.43. The summed E-state index contributed by atoms with van der Waals surface area (Å²) in [6.07, 6.45) is 3.60. The second-order valence-electron chi connectivity index (χ2n) is 4.45. The summed E-state index contributed by atoms with van der Waals surface area (Å²) in [6, 6.07) is 5.67. The number of hydrazine groups is 1. The van der Waals surface area contributed by atoms with Gasteiger partial charge < -0.3 is 0 Å². The van der Waals surface area contributed by atoms with Crippen molar-refractivity contribution in [3.8, 4) is 0 Å². The third-order valence-corrected chi connectivity index (χ3v) is 3.93. The highest BCUT2D eigenvalue weighted by molar-refractivity contribution is 9.10. The largest absolute Gasteiger partial charge is 0.285 e. The van der Waals surface area contributed by atoms with E-state index in [1.54, 1.807) is 0 Å². The lowest BCUT2D eigenvalue weighted by molar-refractivity contribution is 0.0750. The van der Waals surface area contributed by atoms with Crippen LogP contribution in [-0.4, -0.2) is 24.0 Å². The van der Waals surface area contributed by atoms with Crippen molar-refractivity contribution in [2.75, 3.05) is 13.1 Å². The molecule has 0 spiro atoms. The summed E-state index contributed by atoms with van der Waals surface area (Å²) < 4.78 is 1.03. The van der Waals surface area contributed by atoms with Crippen LogP contribution in [0, 0.1) is 6.92 Å². The van der Waals surface area contributed by atoms with Gasteiger partial charge in [-0.2, -0.15) is 0 Å². The van der Waals surface area contributed by atoms with Crippen molar-refractivity contribution < 1.29 is 4.79 Å². The number of halogens is 1. The fourth-order valence-corrected chi connectivity index (χ4v) is 2.25. The summed E-state index contributed by atoms with van der Waals surface area (Å²) in [4.78, 5) is 12.0. The van der Waals surface area contributed by atoms with Crippen LogP contribution < -0.4 is 5.43 Å². The fraction of sp³-hybridized carbons (Fsp3) is 0.462. The van der Waals surface area contributed by atoms with Crippen LogP contribution in [0.5, 0.6) is 0 Å². The molecule has 1 aliphatic rings. The van der Waals surface area contributed by atoms with Gasteiger partial charge in [0.1, 0.15) is 0 Å². The molecular weight excluding hydrogens is 280 g/mol. The van der Waals surface area contributed by atoms with Gasteiger partial charge in [0.2, 0.25) is 0 Å². The highest BCUT2D eigenvalue weighted by Crippen LogP contribution is 2.17. The summed E-state index contributed by atoms with van der Waals surface area (Å²) in [5.41, 5.74) is 4.76. The smallest absolute Gasteiger partial charge is 0.265 e. The molecule has 4 heteroatoms. The van der Waals surface area contributed by atoms with E-state index < -0.39 is 0 Å². The summed E-state index contributed by atoms with van der Waals surface area (Å²) in [6.45, 7) is 3.91. The predicted octanol–water partition coefficient (Wildman–Crippen LogP) is 2.89. The van der Waals surface area contributed by atoms with Crippen LogP contribution in [0.2, 0.25) is 0 Å². The van der Waals surface area contributed by atoms with E-state index in [2.05, 4.69) is 21.4 Å². The van der Waals surface area contributed by atoms with E-state index >= 15 is 0 Å². The quantitative estimate of drug-likeness (QED) is 0.910. The molecule has 1 amide bonds. The van der Waals surface area contributed by atoms with Crippen LogP contribution in [0.25, 0.3) is 0 Å². The maximum atomic E-state index is 12.0. The minimum absolute atomic E-state index is 0.0116. The molecule has 0 radical (unpaired) electrons. The SMILES string of the molecule is Cc1cc(C(=O)NN2CCCCC2)ccc1Br. The van der Waals surface area contributed by atoms with Crippen LogP contribution in [0.3, 0.4) is 0 Å². The molecule has 1 heterocycles. The predicted molar refractivity (Wildman–Crippen MR) is 71.8 cm³/mol. The number of nitrogens with zero attached hydrogens (tertiary/aromatic N) is 1. The lowest BCUT2D eigenvalue weighted by atomic mass is 10.1. The first-order valence-electron chi connectivity index (χ1n) is 5.99. The van der Waals surface area contributed by atoms with Crippen molar-refractivity contribution in [2.24, 2.45) is 0 Å². The Balaban J connectivity index is 2.01. The molecular formula is C13H17BrN2O. The minimum Gasteiger partial charge on any atom is -0.285 e. The number of hydrogen-bond acceptors (Lipinski definition) is 2. The number of hydrogen-bond donors (Lipinski definition) is 1. The molecule has 0 saturated carbocycles. The number of rotatable bonds is 2. The van der Waals surface area contributed by atoms with Gasteiger partial charge in [0.25, 0.3) is 5.91 Å². The zero-order chi connectivity index (χ0) is 12.3. The van der Waals surface area contributed by atoms with Crippen molar-refractivity contribution in [1.82, 2.24) is 10.4 Å². The Morgan fingerprint density at radius 1 is 1.29 bits per heavy atom. The van der Waals surface area contributed by atoms with E-state index in [-0.39, 0.29) is 5.91 Å². The van der Waals surface area contributed by atoms with Crippen molar-refractivity contribution in [3.05, 3.63) is 33.8 Å². The Hall–Kier alpha value is -0.870. The molecule has 0 atom stereocenters. The van der Waals surface area contributed by atoms with Gasteiger partial charge in [0, 0.05) is 23.1 Å². The van der Waals surface area contributed by atoms with Gasteiger partial charge in [-0.1, -0.05) is 22.4 Å². The van der Waals surface area contributed by atoms with Crippen molar-refractivity contribution in [3.63, 3.8) is 0 Å². The van der Waals surface area contributed by atoms with Crippen LogP contribution in [0.1, 0.15) is 35.2 Å². The zero-order valence-electron chi connectivity index (χ0n) is 10.0. The number of nitrogens with one attached hydrogen (secondary N) is 1. The molecule has 3 nitrogen and oxygen atoms in total. The normalized spacial score (nSPS) is 16.8. The average molecular weight is 297 g/mol. The number of benzene rings is 1. The highest BCUT2D eigenvalue weighted by atomic mass is 79.9. The molecule has 1 aromatic rings. The van der Waals surface area contributed by atoms with Crippen LogP contribution in [0.15, 0.2) is 22.7 Å². The summed E-state index contributed by atoms with van der Waals surface area (Å²) in [5, 5.41) is 2.02. The standard InChI is InChI=1S/C13H17BrN2O/c1-10-9-11(5-6-12(10)14)13(17)15-16-7-3-2-4-8-16/h5-6,9H,2-4,7-8H2,1H3,(H,15,17). The molecule has 2 rings (SSSR count). The van der Waals surface area contributed by atoms with Gasteiger partial charge in [-0.15, -0.1) is 0 Å². The molecule has 1 N–H and O–H groups in total. The second kappa shape index (κ2) is 5.65. The molecule has 1 saturated heterocycles. The molecule has 1 aliphatic heterocycles. The Morgan fingerprint density at radius 3 is 2.65 bits per heavy atom. The van der Waals surface area contributed by atoms with Crippen LogP contribution in [0.4, 0.5) is 0 Å². The van der Waals surface area contributed by atoms with Gasteiger partial charge in [-0.3, -0.25) is 10.2 Å². The summed E-state index contributed by atoms with van der Waals surface area (Å²) in [5.74, 6) is -0.0116. The molecule has 1 fully saturated rings. The Kier molecular flexibility index (Phi) is 4.18. The van der Waals surface area contributed by atoms with E-state index in [9.17, 15) is 4.79 Å². The zero-order valence-corrected chi connectivity index (χ0v) is 11.6. The van der Waals surface area contributed by atoms with E-state index in [0.717, 1.165) is 28.7 Å². The van der Waals surface area contributed by atoms with Gasteiger partial charge in [-0.25, -0.2) is 5.01 Å². The van der Waals surface area contributed by atoms with Gasteiger partial charge >= 0.3 is 0 Å². The third-order valence-electron chi connectivity index (χ3n) is 3.04. The van der Waals surface area contributed by atoms with E-state index in [1.807, 2.05) is 30.1 Å². The van der Waals surface area contributed by atoms with E-state index in [4.69, 9.17) is 0 Å². The molecule has 0 unspecified atom stereocenters. The average Bonchev–Trinajstić information content (AvgIpc) is 2.34. The van der Waals surface area contributed by atoms with E-state index in [1.165, 1.54) is 19.3 Å². The third kappa shape index (κ3) is 3.30. The van der Waals surface area contributed by atoms with Gasteiger partial charge in [0.15, 0.2) is 0 Å². The van der Waals surface area contributed by atoms with E-state index in [0.29, 0.717) is 0 Å². The molecule has 0 bridgehead atoms. The first kappa shape index (κ1) is 12.6. The first-order chi connectivity index (χ1) is 8.16. The van der Waals surface area contributed by atoms with Crippen molar-refractivity contribution in [2.45, 2.75) is 26.2 Å². The lowest BCUT2D eigenvalue weighted by Gasteiger charge is -2.26. The van der Waals surface area contributed by atoms with Gasteiger partial charge in [0.05, 0.1) is 0 Å². The lowest BCUT2D eigenvalue weighted by Crippen LogP contribution is -2.45. The van der Waals surface area contributed by atoms with Gasteiger partial charge in [-0.05, 0) is 43.5 Å². The Labute approximate surface area is 110 Å². The Bertz CT molecular complexity index is 414.